The molecule has 0 radical (unpaired) electrons. The lowest BCUT2D eigenvalue weighted by molar-refractivity contribution is -0.114. The minimum atomic E-state index is -0.395. The van der Waals surface area contributed by atoms with Crippen LogP contribution < -0.4 is 10.6 Å². The normalized spacial score (nSPS) is 10.2. The minimum absolute atomic E-state index is 0.0366. The number of nitrogens with one attached hydrogen (secondary N) is 2. The quantitative estimate of drug-likeness (QED) is 0.899. The van der Waals surface area contributed by atoms with Crippen molar-refractivity contribution in [1.82, 2.24) is 0 Å². The van der Waals surface area contributed by atoms with Crippen LogP contribution >= 0.6 is 11.6 Å². The van der Waals surface area contributed by atoms with Gasteiger partial charge in [-0.1, -0.05) is 29.8 Å². The second-order valence-electron chi connectivity index (χ2n) is 4.36. The molecule has 2 aromatic rings. The molecule has 0 aliphatic carbocycles. The molecule has 2 N–H and O–H groups in total. The van der Waals surface area contributed by atoms with E-state index in [1.165, 1.54) is 6.07 Å². The van der Waals surface area contributed by atoms with Gasteiger partial charge in [0.15, 0.2) is 0 Å². The second-order valence-corrected chi connectivity index (χ2v) is 4.77. The van der Waals surface area contributed by atoms with Crippen LogP contribution in [-0.4, -0.2) is 12.5 Å². The molecular formula is C15H14ClFN2O. The van der Waals surface area contributed by atoms with Crippen molar-refractivity contribution in [3.8, 4) is 0 Å². The summed E-state index contributed by atoms with van der Waals surface area (Å²) in [6, 6.07) is 11.5. The Hall–Kier alpha value is -2.07. The third-order valence-electron chi connectivity index (χ3n) is 2.71. The Morgan fingerprint density at radius 1 is 1.20 bits per heavy atom. The average molecular weight is 293 g/mol. The van der Waals surface area contributed by atoms with E-state index in [2.05, 4.69) is 10.6 Å². The van der Waals surface area contributed by atoms with E-state index >= 15 is 0 Å². The van der Waals surface area contributed by atoms with E-state index in [0.717, 1.165) is 5.56 Å². The monoisotopic (exact) mass is 292 g/mol. The number of benzene rings is 2. The maximum absolute atomic E-state index is 13.4. The molecule has 3 nitrogen and oxygen atoms in total. The molecule has 0 aromatic heterocycles. The van der Waals surface area contributed by atoms with E-state index in [1.807, 2.05) is 13.0 Å². The highest BCUT2D eigenvalue weighted by atomic mass is 35.5. The Kier molecular flexibility index (Phi) is 4.58. The SMILES string of the molecule is Cc1ccc(NC(=O)CNc2ccccc2F)c(Cl)c1. The molecule has 1 amide bonds. The van der Waals surface area contributed by atoms with Gasteiger partial charge >= 0.3 is 0 Å². The molecule has 104 valence electrons. The van der Waals surface area contributed by atoms with Crippen LogP contribution in [0.2, 0.25) is 5.02 Å². The third-order valence-corrected chi connectivity index (χ3v) is 3.02. The first-order valence-electron chi connectivity index (χ1n) is 6.10. The van der Waals surface area contributed by atoms with Crippen molar-refractivity contribution in [3.05, 3.63) is 58.9 Å². The Balaban J connectivity index is 1.94. The first-order chi connectivity index (χ1) is 9.56. The summed E-state index contributed by atoms with van der Waals surface area (Å²) in [5.74, 6) is -0.687. The van der Waals surface area contributed by atoms with E-state index in [0.29, 0.717) is 10.7 Å². The molecule has 0 saturated carbocycles. The third kappa shape index (κ3) is 3.71. The van der Waals surface area contributed by atoms with Crippen LogP contribution in [0.1, 0.15) is 5.56 Å². The molecule has 0 atom stereocenters. The summed E-state index contributed by atoms with van der Waals surface area (Å²) >= 11 is 6.02. The molecule has 20 heavy (non-hydrogen) atoms. The lowest BCUT2D eigenvalue weighted by Crippen LogP contribution is -2.22. The summed E-state index contributed by atoms with van der Waals surface area (Å²) in [4.78, 5) is 11.8. The largest absolute Gasteiger partial charge is 0.374 e. The van der Waals surface area contributed by atoms with E-state index in [4.69, 9.17) is 11.6 Å². The number of carbonyl (C=O) groups excluding carboxylic acids is 1. The molecule has 0 saturated heterocycles. The van der Waals surface area contributed by atoms with Gasteiger partial charge in [0.05, 0.1) is 22.9 Å². The summed E-state index contributed by atoms with van der Waals surface area (Å²) in [5.41, 5.74) is 1.84. The van der Waals surface area contributed by atoms with Crippen molar-refractivity contribution in [1.29, 1.82) is 0 Å². The van der Waals surface area contributed by atoms with Crippen molar-refractivity contribution in [2.45, 2.75) is 6.92 Å². The molecule has 0 spiro atoms. The zero-order chi connectivity index (χ0) is 14.5. The predicted molar refractivity (Wildman–Crippen MR) is 79.7 cm³/mol. The molecule has 0 heterocycles. The lowest BCUT2D eigenvalue weighted by Gasteiger charge is -2.10. The van der Waals surface area contributed by atoms with Crippen molar-refractivity contribution >= 4 is 28.9 Å². The molecule has 2 aromatic carbocycles. The molecule has 0 bridgehead atoms. The van der Waals surface area contributed by atoms with Gasteiger partial charge in [0.25, 0.3) is 0 Å². The first-order valence-corrected chi connectivity index (χ1v) is 6.48. The lowest BCUT2D eigenvalue weighted by atomic mass is 10.2. The van der Waals surface area contributed by atoms with Gasteiger partial charge in [-0.15, -0.1) is 0 Å². The van der Waals surface area contributed by atoms with Crippen LogP contribution in [0.25, 0.3) is 0 Å². The van der Waals surface area contributed by atoms with Gasteiger partial charge in [0, 0.05) is 0 Å². The van der Waals surface area contributed by atoms with E-state index in [-0.39, 0.29) is 18.1 Å². The van der Waals surface area contributed by atoms with Crippen LogP contribution in [0.3, 0.4) is 0 Å². The molecule has 0 aliphatic rings. The van der Waals surface area contributed by atoms with Crippen LogP contribution in [0, 0.1) is 12.7 Å². The highest BCUT2D eigenvalue weighted by molar-refractivity contribution is 6.33. The summed E-state index contributed by atoms with van der Waals surface area (Å²) in [7, 11) is 0. The Labute approximate surface area is 121 Å². The highest BCUT2D eigenvalue weighted by Gasteiger charge is 2.07. The Morgan fingerprint density at radius 2 is 1.95 bits per heavy atom. The zero-order valence-corrected chi connectivity index (χ0v) is 11.7. The summed E-state index contributed by atoms with van der Waals surface area (Å²) in [6.07, 6.45) is 0. The van der Waals surface area contributed by atoms with Gasteiger partial charge < -0.3 is 10.6 Å². The standard InChI is InChI=1S/C15H14ClFN2O/c1-10-6-7-13(11(16)8-10)19-15(20)9-18-14-5-3-2-4-12(14)17/h2-8,18H,9H2,1H3,(H,19,20). The van der Waals surface area contributed by atoms with Crippen molar-refractivity contribution in [3.63, 3.8) is 0 Å². The topological polar surface area (TPSA) is 41.1 Å². The maximum atomic E-state index is 13.4. The molecule has 0 aliphatic heterocycles. The predicted octanol–water partition coefficient (Wildman–Crippen LogP) is 3.84. The number of rotatable bonds is 4. The number of aryl methyl sites for hydroxylation is 1. The van der Waals surface area contributed by atoms with Gasteiger partial charge in [-0.05, 0) is 36.8 Å². The van der Waals surface area contributed by atoms with E-state index in [9.17, 15) is 9.18 Å². The van der Waals surface area contributed by atoms with Crippen LogP contribution in [0.15, 0.2) is 42.5 Å². The number of amides is 1. The minimum Gasteiger partial charge on any atom is -0.374 e. The Morgan fingerprint density at radius 3 is 2.65 bits per heavy atom. The fraction of sp³-hybridized carbons (Fsp3) is 0.133. The number of anilines is 2. The first kappa shape index (κ1) is 14.3. The number of hydrogen-bond donors (Lipinski definition) is 2. The summed E-state index contributed by atoms with van der Waals surface area (Å²) < 4.78 is 13.4. The number of carbonyl (C=O) groups is 1. The Bertz CT molecular complexity index is 631. The second kappa shape index (κ2) is 6.39. The number of para-hydroxylation sites is 1. The number of halogens is 2. The van der Waals surface area contributed by atoms with Gasteiger partial charge in [-0.3, -0.25) is 4.79 Å². The maximum Gasteiger partial charge on any atom is 0.243 e. The molecule has 0 fully saturated rings. The molecule has 2 rings (SSSR count). The average Bonchev–Trinajstić information content (AvgIpc) is 2.41. The van der Waals surface area contributed by atoms with Gasteiger partial charge in [-0.25, -0.2) is 4.39 Å². The molecule has 5 heteroatoms. The van der Waals surface area contributed by atoms with Gasteiger partial charge in [0.2, 0.25) is 5.91 Å². The van der Waals surface area contributed by atoms with Crippen molar-refractivity contribution in [2.24, 2.45) is 0 Å². The molecule has 0 unspecified atom stereocenters. The summed E-state index contributed by atoms with van der Waals surface area (Å²) in [6.45, 7) is 1.88. The van der Waals surface area contributed by atoms with Crippen LogP contribution in [-0.2, 0) is 4.79 Å². The van der Waals surface area contributed by atoms with Crippen molar-refractivity contribution in [2.75, 3.05) is 17.2 Å². The van der Waals surface area contributed by atoms with Crippen LogP contribution in [0.4, 0.5) is 15.8 Å². The summed E-state index contributed by atoms with van der Waals surface area (Å²) in [5, 5.41) is 5.88. The van der Waals surface area contributed by atoms with Gasteiger partial charge in [-0.2, -0.15) is 0 Å². The van der Waals surface area contributed by atoms with Gasteiger partial charge in [0.1, 0.15) is 5.82 Å². The zero-order valence-electron chi connectivity index (χ0n) is 10.9. The van der Waals surface area contributed by atoms with E-state index < -0.39 is 5.82 Å². The number of hydrogen-bond acceptors (Lipinski definition) is 2. The fourth-order valence-electron chi connectivity index (χ4n) is 1.70. The smallest absolute Gasteiger partial charge is 0.243 e. The molecular weight excluding hydrogens is 279 g/mol. The fourth-order valence-corrected chi connectivity index (χ4v) is 1.98. The van der Waals surface area contributed by atoms with Crippen LogP contribution in [0.5, 0.6) is 0 Å². The van der Waals surface area contributed by atoms with E-state index in [1.54, 1.807) is 30.3 Å². The highest BCUT2D eigenvalue weighted by Crippen LogP contribution is 2.22. The van der Waals surface area contributed by atoms with Crippen molar-refractivity contribution < 1.29 is 9.18 Å².